The van der Waals surface area contributed by atoms with E-state index in [1.807, 2.05) is 11.4 Å². The second-order valence-electron chi connectivity index (χ2n) is 3.48. The summed E-state index contributed by atoms with van der Waals surface area (Å²) in [5.74, 6) is -0.748. The van der Waals surface area contributed by atoms with Gasteiger partial charge in [-0.1, -0.05) is 6.07 Å². The lowest BCUT2D eigenvalue weighted by Crippen LogP contribution is -2.23. The van der Waals surface area contributed by atoms with Crippen LogP contribution in [0.15, 0.2) is 38.6 Å². The minimum Gasteiger partial charge on any atom is -0.347 e. The normalized spacial score (nSPS) is 10.4. The van der Waals surface area contributed by atoms with Gasteiger partial charge in [-0.25, -0.2) is 4.39 Å². The number of benzene rings is 1. The number of amides is 1. The van der Waals surface area contributed by atoms with E-state index in [0.29, 0.717) is 12.1 Å². The number of rotatable bonds is 3. The standard InChI is InChI=1S/C12H8Br2FNOS/c13-8-4-5-18-10(8)6-16-12(17)7-2-1-3-9(15)11(7)14/h1-5H,6H2,(H,16,17). The van der Waals surface area contributed by atoms with Crippen molar-refractivity contribution >= 4 is 49.1 Å². The van der Waals surface area contributed by atoms with Crippen molar-refractivity contribution in [3.8, 4) is 0 Å². The smallest absolute Gasteiger partial charge is 0.252 e. The maximum Gasteiger partial charge on any atom is 0.252 e. The van der Waals surface area contributed by atoms with Crippen LogP contribution in [0.2, 0.25) is 0 Å². The van der Waals surface area contributed by atoms with Gasteiger partial charge in [0.05, 0.1) is 16.6 Å². The van der Waals surface area contributed by atoms with Crippen molar-refractivity contribution < 1.29 is 9.18 Å². The number of thiophene rings is 1. The molecule has 1 N–H and O–H groups in total. The largest absolute Gasteiger partial charge is 0.347 e. The monoisotopic (exact) mass is 391 g/mol. The Balaban J connectivity index is 2.09. The van der Waals surface area contributed by atoms with Gasteiger partial charge in [0.2, 0.25) is 0 Å². The first-order valence-electron chi connectivity index (χ1n) is 5.03. The Morgan fingerprint density at radius 1 is 1.33 bits per heavy atom. The molecule has 0 aliphatic carbocycles. The molecule has 1 amide bonds. The molecule has 0 aliphatic rings. The molecule has 1 aromatic heterocycles. The number of carbonyl (C=O) groups excluding carboxylic acids is 1. The summed E-state index contributed by atoms with van der Waals surface area (Å²) in [6, 6.07) is 6.31. The Labute approximate surface area is 124 Å². The third-order valence-electron chi connectivity index (χ3n) is 2.30. The van der Waals surface area contributed by atoms with Crippen molar-refractivity contribution in [3.05, 3.63) is 54.8 Å². The van der Waals surface area contributed by atoms with Gasteiger partial charge < -0.3 is 5.32 Å². The minimum atomic E-state index is -0.444. The molecular weight excluding hydrogens is 385 g/mol. The highest BCUT2D eigenvalue weighted by atomic mass is 79.9. The van der Waals surface area contributed by atoms with Crippen LogP contribution in [0, 0.1) is 5.82 Å². The summed E-state index contributed by atoms with van der Waals surface area (Å²) < 4.78 is 14.4. The summed E-state index contributed by atoms with van der Waals surface area (Å²) in [5, 5.41) is 4.69. The van der Waals surface area contributed by atoms with Gasteiger partial charge in [-0.15, -0.1) is 11.3 Å². The van der Waals surface area contributed by atoms with Crippen LogP contribution in [0.4, 0.5) is 4.39 Å². The average molecular weight is 393 g/mol. The molecule has 6 heteroatoms. The van der Waals surface area contributed by atoms with Crippen LogP contribution in [0.25, 0.3) is 0 Å². The molecule has 2 aromatic rings. The van der Waals surface area contributed by atoms with Crippen LogP contribution < -0.4 is 5.32 Å². The molecule has 2 rings (SSSR count). The van der Waals surface area contributed by atoms with E-state index in [-0.39, 0.29) is 10.4 Å². The van der Waals surface area contributed by atoms with Crippen molar-refractivity contribution in [2.45, 2.75) is 6.54 Å². The van der Waals surface area contributed by atoms with Crippen molar-refractivity contribution in [1.29, 1.82) is 0 Å². The molecule has 0 spiro atoms. The first-order chi connectivity index (χ1) is 8.59. The molecule has 0 bridgehead atoms. The van der Waals surface area contributed by atoms with E-state index in [1.54, 1.807) is 17.4 Å². The van der Waals surface area contributed by atoms with Gasteiger partial charge in [0, 0.05) is 9.35 Å². The molecule has 0 fully saturated rings. The van der Waals surface area contributed by atoms with Crippen LogP contribution in [-0.4, -0.2) is 5.91 Å². The maximum atomic E-state index is 13.3. The molecular formula is C12H8Br2FNOS. The van der Waals surface area contributed by atoms with Crippen LogP contribution >= 0.6 is 43.2 Å². The topological polar surface area (TPSA) is 29.1 Å². The fourth-order valence-electron chi connectivity index (χ4n) is 1.39. The zero-order valence-corrected chi connectivity index (χ0v) is 13.0. The van der Waals surface area contributed by atoms with E-state index in [2.05, 4.69) is 37.2 Å². The van der Waals surface area contributed by atoms with E-state index in [4.69, 9.17) is 0 Å². The summed E-state index contributed by atoms with van der Waals surface area (Å²) in [5.41, 5.74) is 0.294. The van der Waals surface area contributed by atoms with Crippen LogP contribution in [0.1, 0.15) is 15.2 Å². The Morgan fingerprint density at radius 3 is 2.78 bits per heavy atom. The molecule has 94 valence electrons. The molecule has 0 unspecified atom stereocenters. The highest BCUT2D eigenvalue weighted by Gasteiger charge is 2.13. The maximum absolute atomic E-state index is 13.3. The van der Waals surface area contributed by atoms with Gasteiger partial charge in [-0.2, -0.15) is 0 Å². The predicted octanol–water partition coefficient (Wildman–Crippen LogP) is 4.34. The Bertz CT molecular complexity index is 585. The Kier molecular flexibility index (Phi) is 4.53. The lowest BCUT2D eigenvalue weighted by atomic mass is 10.2. The summed E-state index contributed by atoms with van der Waals surface area (Å²) in [6.45, 7) is 0.417. The lowest BCUT2D eigenvalue weighted by Gasteiger charge is -2.06. The van der Waals surface area contributed by atoms with E-state index >= 15 is 0 Å². The highest BCUT2D eigenvalue weighted by molar-refractivity contribution is 9.10. The van der Waals surface area contributed by atoms with Crippen LogP contribution in [0.3, 0.4) is 0 Å². The molecule has 0 radical (unpaired) electrons. The number of hydrogen-bond donors (Lipinski definition) is 1. The SMILES string of the molecule is O=C(NCc1sccc1Br)c1cccc(F)c1Br. The van der Waals surface area contributed by atoms with Gasteiger partial charge in [-0.3, -0.25) is 4.79 Å². The zero-order valence-electron chi connectivity index (χ0n) is 9.04. The fraction of sp³-hybridized carbons (Fsp3) is 0.0833. The van der Waals surface area contributed by atoms with E-state index in [9.17, 15) is 9.18 Å². The van der Waals surface area contributed by atoms with Gasteiger partial charge in [0.1, 0.15) is 5.82 Å². The molecule has 1 heterocycles. The number of nitrogens with one attached hydrogen (secondary N) is 1. The Hall–Kier alpha value is -0.720. The predicted molar refractivity (Wildman–Crippen MR) is 77.3 cm³/mol. The van der Waals surface area contributed by atoms with Crippen LogP contribution in [0.5, 0.6) is 0 Å². The van der Waals surface area contributed by atoms with E-state index in [0.717, 1.165) is 9.35 Å². The first kappa shape index (κ1) is 13.7. The molecule has 1 aromatic carbocycles. The van der Waals surface area contributed by atoms with Crippen LogP contribution in [-0.2, 0) is 6.54 Å². The summed E-state index contributed by atoms with van der Waals surface area (Å²) >= 11 is 8.01. The molecule has 0 saturated carbocycles. The molecule has 2 nitrogen and oxygen atoms in total. The van der Waals surface area contributed by atoms with Crippen molar-refractivity contribution in [1.82, 2.24) is 5.32 Å². The second-order valence-corrected chi connectivity index (χ2v) is 6.12. The van der Waals surface area contributed by atoms with Gasteiger partial charge in [0.15, 0.2) is 0 Å². The molecule has 0 aliphatic heterocycles. The van der Waals surface area contributed by atoms with E-state index < -0.39 is 5.82 Å². The van der Waals surface area contributed by atoms with Crippen molar-refractivity contribution in [2.24, 2.45) is 0 Å². The van der Waals surface area contributed by atoms with Gasteiger partial charge >= 0.3 is 0 Å². The van der Waals surface area contributed by atoms with Crippen molar-refractivity contribution in [3.63, 3.8) is 0 Å². The lowest BCUT2D eigenvalue weighted by molar-refractivity contribution is 0.0950. The van der Waals surface area contributed by atoms with Crippen molar-refractivity contribution in [2.75, 3.05) is 0 Å². The average Bonchev–Trinajstić information content (AvgIpc) is 2.75. The van der Waals surface area contributed by atoms with E-state index in [1.165, 1.54) is 12.1 Å². The van der Waals surface area contributed by atoms with Gasteiger partial charge in [-0.05, 0) is 55.4 Å². The third-order valence-corrected chi connectivity index (χ3v) is 5.03. The number of halogens is 3. The van der Waals surface area contributed by atoms with Gasteiger partial charge in [0.25, 0.3) is 5.91 Å². The third kappa shape index (κ3) is 2.99. The zero-order chi connectivity index (χ0) is 13.1. The number of hydrogen-bond acceptors (Lipinski definition) is 2. The summed E-state index contributed by atoms with van der Waals surface area (Å²) in [4.78, 5) is 12.9. The quantitative estimate of drug-likeness (QED) is 0.826. The molecule has 0 saturated heterocycles. The fourth-order valence-corrected chi connectivity index (χ4v) is 3.26. The number of carbonyl (C=O) groups is 1. The highest BCUT2D eigenvalue weighted by Crippen LogP contribution is 2.23. The summed E-state index contributed by atoms with van der Waals surface area (Å²) in [7, 11) is 0. The summed E-state index contributed by atoms with van der Waals surface area (Å²) in [6.07, 6.45) is 0. The first-order valence-corrected chi connectivity index (χ1v) is 7.50. The second kappa shape index (κ2) is 5.95. The Morgan fingerprint density at radius 2 is 2.11 bits per heavy atom. The molecule has 0 atom stereocenters. The molecule has 18 heavy (non-hydrogen) atoms. The minimum absolute atomic E-state index is 0.188.